The Balaban J connectivity index is 1.06. The number of benzene rings is 8. The number of hydrogen-bond acceptors (Lipinski definition) is 3. The van der Waals surface area contributed by atoms with Gasteiger partial charge in [0.15, 0.2) is 5.82 Å². The van der Waals surface area contributed by atoms with Crippen LogP contribution < -0.4 is 0 Å². The maximum absolute atomic E-state index is 5.29. The Bertz CT molecular complexity index is 3250. The van der Waals surface area contributed by atoms with Crippen molar-refractivity contribution >= 4 is 0 Å². The number of hydrogen-bond donors (Lipinski definition) is 0. The molecule has 0 aliphatic heterocycles. The first-order valence-electron chi connectivity index (χ1n) is 21.3. The van der Waals surface area contributed by atoms with Crippen molar-refractivity contribution in [3.8, 4) is 89.7 Å². The fourth-order valence-electron chi connectivity index (χ4n) is 10.1. The molecule has 1 spiro atoms. The van der Waals surface area contributed by atoms with Crippen LogP contribution in [0.25, 0.3) is 89.7 Å². The molecule has 290 valence electrons. The molecule has 0 bridgehead atoms. The first-order valence-corrected chi connectivity index (χ1v) is 21.3. The van der Waals surface area contributed by atoms with Gasteiger partial charge in [-0.25, -0.2) is 9.97 Å². The Morgan fingerprint density at radius 2 is 0.855 bits per heavy atom. The van der Waals surface area contributed by atoms with Crippen molar-refractivity contribution < 1.29 is 0 Å². The molecule has 2 heterocycles. The monoisotopic (exact) mass is 789 g/mol. The van der Waals surface area contributed by atoms with E-state index in [1.54, 1.807) is 0 Å². The molecule has 0 radical (unpaired) electrons. The van der Waals surface area contributed by atoms with Crippen LogP contribution in [0.15, 0.2) is 219 Å². The van der Waals surface area contributed by atoms with Gasteiger partial charge in [-0.15, -0.1) is 0 Å². The summed E-state index contributed by atoms with van der Waals surface area (Å²) in [4.78, 5) is 15.1. The Hall–Kier alpha value is -8.01. The predicted octanol–water partition coefficient (Wildman–Crippen LogP) is 14.5. The highest BCUT2D eigenvalue weighted by Gasteiger charge is 2.52. The molecule has 62 heavy (non-hydrogen) atoms. The van der Waals surface area contributed by atoms with E-state index in [2.05, 4.69) is 189 Å². The minimum Gasteiger partial charge on any atom is -0.256 e. The fraction of sp³-hybridized carbons (Fsp3) is 0.0339. The molecule has 3 nitrogen and oxygen atoms in total. The number of nitrogens with zero attached hydrogens (tertiary/aromatic N) is 3. The number of fused-ring (bicyclic) bond motifs is 10. The lowest BCUT2D eigenvalue weighted by molar-refractivity contribution is 0.794. The van der Waals surface area contributed by atoms with Gasteiger partial charge in [0.2, 0.25) is 0 Å². The summed E-state index contributed by atoms with van der Waals surface area (Å²) in [5.74, 6) is 0.709. The van der Waals surface area contributed by atoms with Gasteiger partial charge in [0.25, 0.3) is 0 Å². The molecule has 0 fully saturated rings. The highest BCUT2D eigenvalue weighted by atomic mass is 14.9. The maximum Gasteiger partial charge on any atom is 0.160 e. The van der Waals surface area contributed by atoms with Gasteiger partial charge in [0.05, 0.1) is 22.5 Å². The zero-order valence-electron chi connectivity index (χ0n) is 34.1. The molecule has 0 unspecified atom stereocenters. The van der Waals surface area contributed by atoms with Crippen molar-refractivity contribution in [1.29, 1.82) is 0 Å². The predicted molar refractivity (Wildman–Crippen MR) is 253 cm³/mol. The van der Waals surface area contributed by atoms with E-state index in [9.17, 15) is 0 Å². The topological polar surface area (TPSA) is 38.7 Å². The summed E-state index contributed by atoms with van der Waals surface area (Å²) in [5.41, 5.74) is 22.7. The molecule has 12 rings (SSSR count). The molecule has 2 aliphatic carbocycles. The normalized spacial score (nSPS) is 12.7. The van der Waals surface area contributed by atoms with Crippen LogP contribution in [0.2, 0.25) is 0 Å². The quantitative estimate of drug-likeness (QED) is 0.168. The Morgan fingerprint density at radius 1 is 0.323 bits per heavy atom. The van der Waals surface area contributed by atoms with Crippen LogP contribution in [0.5, 0.6) is 0 Å². The molecule has 0 saturated carbocycles. The van der Waals surface area contributed by atoms with Gasteiger partial charge in [-0.3, -0.25) is 4.98 Å². The number of aromatic nitrogens is 3. The van der Waals surface area contributed by atoms with E-state index in [1.165, 1.54) is 66.8 Å². The summed E-state index contributed by atoms with van der Waals surface area (Å²) in [5, 5.41) is 0. The second kappa shape index (κ2) is 14.3. The fourth-order valence-corrected chi connectivity index (χ4v) is 10.1. The number of rotatable bonds is 6. The third-order valence-electron chi connectivity index (χ3n) is 12.9. The van der Waals surface area contributed by atoms with Crippen molar-refractivity contribution in [3.05, 3.63) is 246 Å². The van der Waals surface area contributed by atoms with E-state index in [1.807, 2.05) is 36.5 Å². The Morgan fingerprint density at radius 3 is 1.53 bits per heavy atom. The van der Waals surface area contributed by atoms with Crippen LogP contribution in [0.4, 0.5) is 0 Å². The van der Waals surface area contributed by atoms with Crippen LogP contribution in [-0.2, 0) is 5.41 Å². The molecule has 0 saturated heterocycles. The second-order valence-corrected chi connectivity index (χ2v) is 16.4. The lowest BCUT2D eigenvalue weighted by atomic mass is 9.70. The van der Waals surface area contributed by atoms with Crippen molar-refractivity contribution in [2.24, 2.45) is 0 Å². The van der Waals surface area contributed by atoms with Crippen LogP contribution in [-0.4, -0.2) is 15.0 Å². The van der Waals surface area contributed by atoms with Crippen molar-refractivity contribution in [3.63, 3.8) is 0 Å². The smallest absolute Gasteiger partial charge is 0.160 e. The molecular weight excluding hydrogens is 751 g/mol. The second-order valence-electron chi connectivity index (χ2n) is 16.4. The van der Waals surface area contributed by atoms with Crippen LogP contribution in [0.1, 0.15) is 27.8 Å². The van der Waals surface area contributed by atoms with Crippen LogP contribution in [0.3, 0.4) is 0 Å². The molecule has 3 heteroatoms. The van der Waals surface area contributed by atoms with Crippen molar-refractivity contribution in [1.82, 2.24) is 15.0 Å². The summed E-state index contributed by atoms with van der Waals surface area (Å²) in [7, 11) is 0. The van der Waals surface area contributed by atoms with Gasteiger partial charge in [-0.1, -0.05) is 188 Å². The van der Waals surface area contributed by atoms with Crippen molar-refractivity contribution in [2.45, 2.75) is 12.3 Å². The van der Waals surface area contributed by atoms with E-state index >= 15 is 0 Å². The Kier molecular flexibility index (Phi) is 8.29. The molecular formula is C59H39N3. The van der Waals surface area contributed by atoms with Crippen molar-refractivity contribution in [2.75, 3.05) is 0 Å². The number of pyridine rings is 1. The number of aryl methyl sites for hydroxylation is 1. The largest absolute Gasteiger partial charge is 0.256 e. The zero-order chi connectivity index (χ0) is 41.2. The minimum atomic E-state index is -0.527. The SMILES string of the molecule is Cc1ccnc(-c2ccccc2-c2ccc(-c3cccc4c3-c3ccc(-c5cc(-c6ccccc6)nc(-c6ccccc6)n5)cc3C43c4ccccc4-c4ccccc43)cc2)c1. The summed E-state index contributed by atoms with van der Waals surface area (Å²) in [6.45, 7) is 2.12. The van der Waals surface area contributed by atoms with E-state index in [0.717, 1.165) is 44.9 Å². The standard InChI is InChI=1S/C59H39N3/c1-38-33-34-60-56(35-38)48-22-9-8-19-44(48)39-27-29-40(30-28-39)45-23-14-26-52-57(45)49-32-31-43(36-53(49)59(52)50-24-12-10-20-46(50)47-21-11-13-25-51(47)59)55-37-54(41-15-4-2-5-16-41)61-58(62-55)42-17-6-3-7-18-42/h2-37H,1H3. The van der Waals surface area contributed by atoms with E-state index in [-0.39, 0.29) is 0 Å². The van der Waals surface area contributed by atoms with Crippen LogP contribution >= 0.6 is 0 Å². The lowest BCUT2D eigenvalue weighted by Crippen LogP contribution is -2.25. The van der Waals surface area contributed by atoms with E-state index in [4.69, 9.17) is 15.0 Å². The average molecular weight is 790 g/mol. The van der Waals surface area contributed by atoms with E-state index < -0.39 is 5.41 Å². The summed E-state index contributed by atoms with van der Waals surface area (Å²) >= 11 is 0. The molecule has 10 aromatic rings. The van der Waals surface area contributed by atoms with Gasteiger partial charge in [0.1, 0.15) is 0 Å². The van der Waals surface area contributed by atoms with Gasteiger partial charge >= 0.3 is 0 Å². The first kappa shape index (κ1) is 35.9. The molecule has 0 atom stereocenters. The summed E-state index contributed by atoms with van der Waals surface area (Å²) in [6, 6.07) is 76.7. The summed E-state index contributed by atoms with van der Waals surface area (Å²) < 4.78 is 0. The maximum atomic E-state index is 5.29. The highest BCUT2D eigenvalue weighted by molar-refractivity contribution is 6.01. The molecule has 8 aromatic carbocycles. The lowest BCUT2D eigenvalue weighted by Gasteiger charge is -2.31. The Labute approximate surface area is 361 Å². The van der Waals surface area contributed by atoms with Gasteiger partial charge in [0, 0.05) is 28.5 Å². The van der Waals surface area contributed by atoms with E-state index in [0.29, 0.717) is 5.82 Å². The first-order chi connectivity index (χ1) is 30.6. The molecule has 0 N–H and O–H groups in total. The van der Waals surface area contributed by atoms with Gasteiger partial charge < -0.3 is 0 Å². The van der Waals surface area contributed by atoms with Crippen LogP contribution in [0, 0.1) is 6.92 Å². The molecule has 2 aromatic heterocycles. The molecule has 0 amide bonds. The average Bonchev–Trinajstić information content (AvgIpc) is 3.82. The summed E-state index contributed by atoms with van der Waals surface area (Å²) in [6.07, 6.45) is 1.90. The third-order valence-corrected chi connectivity index (χ3v) is 12.9. The third kappa shape index (κ3) is 5.56. The minimum absolute atomic E-state index is 0.527. The van der Waals surface area contributed by atoms with Gasteiger partial charge in [-0.2, -0.15) is 0 Å². The zero-order valence-corrected chi connectivity index (χ0v) is 34.1. The van der Waals surface area contributed by atoms with Gasteiger partial charge in [-0.05, 0) is 104 Å². The highest BCUT2D eigenvalue weighted by Crippen LogP contribution is 2.64. The molecule has 2 aliphatic rings.